The van der Waals surface area contributed by atoms with E-state index in [2.05, 4.69) is 55.6 Å². The zero-order chi connectivity index (χ0) is 48.5. The van der Waals surface area contributed by atoms with Crippen LogP contribution in [0.4, 0.5) is 0 Å². The SMILES string of the molecule is CCCCCCC/C=C\C/C=C\C/C=C\CCCCCCCCCCCCCCCCCCCCC(=O)NC(CO)C(O)/C=C/CCCCCCCCCCCCCCCCCCCCCC. The Kier molecular flexibility index (Phi) is 57.2. The number of carbonyl (C=O) groups is 1. The summed E-state index contributed by atoms with van der Waals surface area (Å²) in [4.78, 5) is 12.5. The van der Waals surface area contributed by atoms with E-state index in [9.17, 15) is 15.0 Å². The highest BCUT2D eigenvalue weighted by Crippen LogP contribution is 2.17. The van der Waals surface area contributed by atoms with Crippen LogP contribution in [0.3, 0.4) is 0 Å². The smallest absolute Gasteiger partial charge is 0.220 e. The molecule has 2 unspecified atom stereocenters. The van der Waals surface area contributed by atoms with Crippen LogP contribution in [0.15, 0.2) is 48.6 Å². The molecular formula is C63H119NO3. The van der Waals surface area contributed by atoms with E-state index in [1.807, 2.05) is 6.08 Å². The van der Waals surface area contributed by atoms with Gasteiger partial charge in [0.15, 0.2) is 0 Å². The molecule has 0 bridgehead atoms. The van der Waals surface area contributed by atoms with Crippen LogP contribution >= 0.6 is 0 Å². The van der Waals surface area contributed by atoms with Crippen LogP contribution in [0.2, 0.25) is 0 Å². The van der Waals surface area contributed by atoms with Crippen molar-refractivity contribution in [3.05, 3.63) is 48.6 Å². The predicted octanol–water partition coefficient (Wildman–Crippen LogP) is 20.2. The number of unbranched alkanes of at least 4 members (excludes halogenated alkanes) is 43. The van der Waals surface area contributed by atoms with E-state index in [1.165, 1.54) is 270 Å². The summed E-state index contributed by atoms with van der Waals surface area (Å²) in [6.45, 7) is 4.33. The Bertz CT molecular complexity index is 1060. The first-order chi connectivity index (χ1) is 33.2. The predicted molar refractivity (Wildman–Crippen MR) is 299 cm³/mol. The van der Waals surface area contributed by atoms with E-state index in [-0.39, 0.29) is 12.5 Å². The van der Waals surface area contributed by atoms with Gasteiger partial charge in [0.05, 0.1) is 18.8 Å². The average molecular weight is 939 g/mol. The number of hydrogen-bond acceptors (Lipinski definition) is 3. The van der Waals surface area contributed by atoms with Crippen LogP contribution in [0.5, 0.6) is 0 Å². The molecule has 0 heterocycles. The lowest BCUT2D eigenvalue weighted by Crippen LogP contribution is -2.45. The van der Waals surface area contributed by atoms with Gasteiger partial charge in [-0.1, -0.05) is 313 Å². The molecule has 0 saturated heterocycles. The summed E-state index contributed by atoms with van der Waals surface area (Å²) in [5.41, 5.74) is 0. The lowest BCUT2D eigenvalue weighted by molar-refractivity contribution is -0.123. The van der Waals surface area contributed by atoms with E-state index in [0.29, 0.717) is 6.42 Å². The van der Waals surface area contributed by atoms with Crippen molar-refractivity contribution in [3.8, 4) is 0 Å². The molecule has 0 spiro atoms. The largest absolute Gasteiger partial charge is 0.394 e. The molecule has 0 aliphatic carbocycles. The zero-order valence-corrected chi connectivity index (χ0v) is 45.4. The van der Waals surface area contributed by atoms with E-state index in [0.717, 1.165) is 38.5 Å². The van der Waals surface area contributed by atoms with Crippen LogP contribution in [-0.2, 0) is 4.79 Å². The second kappa shape index (κ2) is 58.7. The highest BCUT2D eigenvalue weighted by Gasteiger charge is 2.18. The fraction of sp³-hybridized carbons (Fsp3) is 0.857. The van der Waals surface area contributed by atoms with Gasteiger partial charge < -0.3 is 15.5 Å². The minimum absolute atomic E-state index is 0.0591. The Balaban J connectivity index is 3.46. The molecule has 1 amide bonds. The van der Waals surface area contributed by atoms with Gasteiger partial charge >= 0.3 is 0 Å². The van der Waals surface area contributed by atoms with Crippen molar-refractivity contribution >= 4 is 5.91 Å². The maximum absolute atomic E-state index is 12.5. The Hall–Kier alpha value is -1.65. The minimum Gasteiger partial charge on any atom is -0.394 e. The van der Waals surface area contributed by atoms with E-state index >= 15 is 0 Å². The zero-order valence-electron chi connectivity index (χ0n) is 45.4. The second-order valence-corrected chi connectivity index (χ2v) is 20.8. The molecular weight excluding hydrogens is 819 g/mol. The molecule has 0 rings (SSSR count). The normalized spacial score (nSPS) is 13.1. The first-order valence-electron chi connectivity index (χ1n) is 30.4. The summed E-state index contributed by atoms with van der Waals surface area (Å²) in [5, 5.41) is 23.2. The Morgan fingerprint density at radius 2 is 0.612 bits per heavy atom. The molecule has 2 atom stereocenters. The quantitative estimate of drug-likeness (QED) is 0.0420. The number of hydrogen-bond donors (Lipinski definition) is 3. The van der Waals surface area contributed by atoms with Crippen molar-refractivity contribution in [2.45, 2.75) is 341 Å². The monoisotopic (exact) mass is 938 g/mol. The first-order valence-corrected chi connectivity index (χ1v) is 30.4. The molecule has 0 aromatic heterocycles. The third kappa shape index (κ3) is 55.2. The molecule has 0 fully saturated rings. The van der Waals surface area contributed by atoms with Crippen molar-refractivity contribution in [3.63, 3.8) is 0 Å². The number of carbonyl (C=O) groups excluding carboxylic acids is 1. The van der Waals surface area contributed by atoms with E-state index in [1.54, 1.807) is 6.08 Å². The summed E-state index contributed by atoms with van der Waals surface area (Å²) >= 11 is 0. The molecule has 0 radical (unpaired) electrons. The topological polar surface area (TPSA) is 69.6 Å². The fourth-order valence-electron chi connectivity index (χ4n) is 9.42. The van der Waals surface area contributed by atoms with Crippen LogP contribution < -0.4 is 5.32 Å². The molecule has 0 aliphatic rings. The molecule has 0 aromatic carbocycles. The molecule has 4 nitrogen and oxygen atoms in total. The van der Waals surface area contributed by atoms with E-state index < -0.39 is 12.1 Å². The van der Waals surface area contributed by atoms with Crippen molar-refractivity contribution in [1.29, 1.82) is 0 Å². The van der Waals surface area contributed by atoms with Crippen LogP contribution in [0.25, 0.3) is 0 Å². The maximum Gasteiger partial charge on any atom is 0.220 e. The fourth-order valence-corrected chi connectivity index (χ4v) is 9.42. The second-order valence-electron chi connectivity index (χ2n) is 20.8. The van der Waals surface area contributed by atoms with Crippen molar-refractivity contribution in [1.82, 2.24) is 5.32 Å². The highest BCUT2D eigenvalue weighted by molar-refractivity contribution is 5.76. The van der Waals surface area contributed by atoms with Crippen molar-refractivity contribution in [2.24, 2.45) is 0 Å². The standard InChI is InChI=1S/C63H119NO3/c1-3-5-7-9-11-13-15-17-19-21-23-25-27-28-29-30-31-32-33-34-35-36-37-39-41-43-45-47-49-51-53-55-57-59-63(67)64-61(60-65)62(66)58-56-54-52-50-48-46-44-42-40-38-26-24-22-20-18-16-14-12-10-8-6-4-2/h15,17,21,23,27-28,56,58,61-62,65-66H,3-14,16,18-20,22,24-26,29-55,57,59-60H2,1-2H3,(H,64,67)/b17-15-,23-21-,28-27-,58-56+. The van der Waals surface area contributed by atoms with Gasteiger partial charge in [-0.05, 0) is 57.8 Å². The highest BCUT2D eigenvalue weighted by atomic mass is 16.3. The van der Waals surface area contributed by atoms with E-state index in [4.69, 9.17) is 0 Å². The van der Waals surface area contributed by atoms with Crippen molar-refractivity contribution in [2.75, 3.05) is 6.61 Å². The maximum atomic E-state index is 12.5. The molecule has 394 valence electrons. The minimum atomic E-state index is -0.840. The summed E-state index contributed by atoms with van der Waals surface area (Å²) < 4.78 is 0. The van der Waals surface area contributed by atoms with Crippen LogP contribution in [0, 0.1) is 0 Å². The summed E-state index contributed by atoms with van der Waals surface area (Å²) in [6.07, 6.45) is 81.5. The van der Waals surface area contributed by atoms with Gasteiger partial charge in [-0.2, -0.15) is 0 Å². The lowest BCUT2D eigenvalue weighted by Gasteiger charge is -2.20. The Morgan fingerprint density at radius 3 is 0.910 bits per heavy atom. The summed E-state index contributed by atoms with van der Waals surface area (Å²) in [6, 6.07) is -0.623. The van der Waals surface area contributed by atoms with Crippen LogP contribution in [-0.4, -0.2) is 34.9 Å². The third-order valence-electron chi connectivity index (χ3n) is 14.1. The average Bonchev–Trinajstić information content (AvgIpc) is 3.33. The van der Waals surface area contributed by atoms with Gasteiger partial charge in [0.1, 0.15) is 0 Å². The Labute approximate surface area is 420 Å². The number of rotatable bonds is 56. The molecule has 4 heteroatoms. The van der Waals surface area contributed by atoms with Crippen molar-refractivity contribution < 1.29 is 15.0 Å². The van der Waals surface area contributed by atoms with Gasteiger partial charge in [-0.15, -0.1) is 0 Å². The van der Waals surface area contributed by atoms with Gasteiger partial charge in [-0.3, -0.25) is 4.79 Å². The number of aliphatic hydroxyl groups is 2. The Morgan fingerprint density at radius 1 is 0.358 bits per heavy atom. The molecule has 0 aromatic rings. The number of aliphatic hydroxyl groups excluding tert-OH is 2. The number of allylic oxidation sites excluding steroid dienone is 7. The molecule has 3 N–H and O–H groups in total. The van der Waals surface area contributed by atoms with Gasteiger partial charge in [-0.25, -0.2) is 0 Å². The summed E-state index contributed by atoms with van der Waals surface area (Å²) in [7, 11) is 0. The van der Waals surface area contributed by atoms with Gasteiger partial charge in [0, 0.05) is 6.42 Å². The van der Waals surface area contributed by atoms with Crippen LogP contribution in [0.1, 0.15) is 328 Å². The molecule has 0 aliphatic heterocycles. The lowest BCUT2D eigenvalue weighted by atomic mass is 10.0. The molecule has 67 heavy (non-hydrogen) atoms. The summed E-state index contributed by atoms with van der Waals surface area (Å²) in [5.74, 6) is -0.0591. The van der Waals surface area contributed by atoms with Gasteiger partial charge in [0.25, 0.3) is 0 Å². The first kappa shape index (κ1) is 65.3. The number of amides is 1. The third-order valence-corrected chi connectivity index (χ3v) is 14.1. The number of nitrogens with one attached hydrogen (secondary N) is 1. The molecule has 0 saturated carbocycles. The van der Waals surface area contributed by atoms with Gasteiger partial charge in [0.2, 0.25) is 5.91 Å².